The number of aromatic nitrogens is 4. The van der Waals surface area contributed by atoms with E-state index < -0.39 is 23.7 Å². The molecule has 0 saturated carbocycles. The number of hydrogen-bond acceptors (Lipinski definition) is 6. The van der Waals surface area contributed by atoms with Gasteiger partial charge in [-0.15, -0.1) is 0 Å². The third-order valence-corrected chi connectivity index (χ3v) is 5.67. The molecule has 4 rings (SSSR count). The summed E-state index contributed by atoms with van der Waals surface area (Å²) in [4.78, 5) is 44.3. The van der Waals surface area contributed by atoms with Crippen molar-refractivity contribution in [3.63, 3.8) is 0 Å². The van der Waals surface area contributed by atoms with E-state index in [-0.39, 0.29) is 18.0 Å². The Morgan fingerprint density at radius 1 is 1.00 bits per heavy atom. The lowest BCUT2D eigenvalue weighted by atomic mass is 10.2. The van der Waals surface area contributed by atoms with Crippen LogP contribution in [0.5, 0.6) is 11.5 Å². The number of carbonyl (C=O) groups excluding carboxylic acids is 1. The minimum absolute atomic E-state index is 0.212. The zero-order valence-corrected chi connectivity index (χ0v) is 20.7. The van der Waals surface area contributed by atoms with Crippen LogP contribution in [-0.4, -0.2) is 38.8 Å². The molecule has 0 saturated heterocycles. The molecule has 0 aliphatic rings. The van der Waals surface area contributed by atoms with Crippen LogP contribution in [0.1, 0.15) is 19.4 Å². The molecule has 0 unspecified atom stereocenters. The van der Waals surface area contributed by atoms with Crippen LogP contribution in [0.2, 0.25) is 0 Å². The number of imidazole rings is 1. The molecule has 0 fully saturated rings. The van der Waals surface area contributed by atoms with Gasteiger partial charge in [-0.1, -0.05) is 44.2 Å². The maximum atomic E-state index is 13.5. The molecule has 10 heteroatoms. The lowest BCUT2D eigenvalue weighted by Crippen LogP contribution is -2.43. The van der Waals surface area contributed by atoms with Gasteiger partial charge >= 0.3 is 5.69 Å². The maximum Gasteiger partial charge on any atom is 0.333 e. The van der Waals surface area contributed by atoms with Crippen molar-refractivity contribution in [3.05, 3.63) is 81.3 Å². The Balaban J connectivity index is 1.76. The number of ether oxygens (including phenoxy) is 2. The van der Waals surface area contributed by atoms with Crippen LogP contribution in [0, 0.1) is 5.92 Å². The predicted molar refractivity (Wildman–Crippen MR) is 137 cm³/mol. The molecule has 1 N–H and O–H groups in total. The number of nitrogens with one attached hydrogen (secondary N) is 1. The fourth-order valence-corrected chi connectivity index (χ4v) is 4.04. The van der Waals surface area contributed by atoms with Gasteiger partial charge < -0.3 is 19.4 Å². The highest BCUT2D eigenvalue weighted by Gasteiger charge is 2.20. The summed E-state index contributed by atoms with van der Waals surface area (Å²) in [6.45, 7) is 4.35. The summed E-state index contributed by atoms with van der Waals surface area (Å²) < 4.78 is 14.6. The third kappa shape index (κ3) is 5.17. The van der Waals surface area contributed by atoms with E-state index in [1.807, 2.05) is 44.2 Å². The fraction of sp³-hybridized carbons (Fsp3) is 0.308. The Labute approximate surface area is 207 Å². The summed E-state index contributed by atoms with van der Waals surface area (Å²) in [7, 11) is 3.01. The van der Waals surface area contributed by atoms with Gasteiger partial charge in [0.2, 0.25) is 5.91 Å². The molecule has 0 radical (unpaired) electrons. The van der Waals surface area contributed by atoms with Gasteiger partial charge in [0.05, 0.1) is 27.1 Å². The highest BCUT2D eigenvalue weighted by molar-refractivity contribution is 5.91. The van der Waals surface area contributed by atoms with E-state index in [9.17, 15) is 14.4 Å². The minimum atomic E-state index is -0.607. The Bertz CT molecular complexity index is 1480. The quantitative estimate of drug-likeness (QED) is 0.386. The average Bonchev–Trinajstić information content (AvgIpc) is 3.27. The van der Waals surface area contributed by atoms with Crippen molar-refractivity contribution in [2.45, 2.75) is 33.5 Å². The molecule has 0 aliphatic heterocycles. The molecule has 2 heterocycles. The van der Waals surface area contributed by atoms with E-state index in [0.29, 0.717) is 29.4 Å². The highest BCUT2D eigenvalue weighted by Crippen LogP contribution is 2.25. The van der Waals surface area contributed by atoms with Gasteiger partial charge in [0.1, 0.15) is 18.0 Å². The number of rotatable bonds is 9. The molecule has 10 nitrogen and oxygen atoms in total. The Kier molecular flexibility index (Phi) is 7.23. The van der Waals surface area contributed by atoms with Crippen molar-refractivity contribution >= 4 is 22.8 Å². The number of carbonyl (C=O) groups is 1. The van der Waals surface area contributed by atoms with Crippen LogP contribution in [0.4, 0.5) is 5.69 Å². The Morgan fingerprint density at radius 2 is 1.67 bits per heavy atom. The van der Waals surface area contributed by atoms with Gasteiger partial charge in [-0.2, -0.15) is 0 Å². The molecule has 1 amide bonds. The van der Waals surface area contributed by atoms with Crippen molar-refractivity contribution in [2.24, 2.45) is 5.92 Å². The maximum absolute atomic E-state index is 13.5. The number of hydrogen-bond donors (Lipinski definition) is 1. The predicted octanol–water partition coefficient (Wildman–Crippen LogP) is 2.72. The van der Waals surface area contributed by atoms with E-state index in [4.69, 9.17) is 9.47 Å². The van der Waals surface area contributed by atoms with Crippen molar-refractivity contribution in [2.75, 3.05) is 19.5 Å². The standard InChI is InChI=1S/C26H29N5O5/c1-17(2)13-29-16-27-24-23(29)25(33)31(26(34)30(24)14-18-8-6-5-7-9-18)15-22(32)28-19-10-20(35-3)12-21(11-19)36-4/h5-12,16-17H,13-15H2,1-4H3,(H,28,32). The fourth-order valence-electron chi connectivity index (χ4n) is 4.04. The first kappa shape index (κ1) is 24.8. The average molecular weight is 492 g/mol. The summed E-state index contributed by atoms with van der Waals surface area (Å²) in [6, 6.07) is 14.3. The number of benzene rings is 2. The molecule has 0 atom stereocenters. The third-order valence-electron chi connectivity index (χ3n) is 5.67. The van der Waals surface area contributed by atoms with Crippen LogP contribution >= 0.6 is 0 Å². The van der Waals surface area contributed by atoms with Crippen LogP contribution in [0.25, 0.3) is 11.2 Å². The van der Waals surface area contributed by atoms with E-state index in [2.05, 4.69) is 10.3 Å². The molecule has 188 valence electrons. The van der Waals surface area contributed by atoms with Crippen molar-refractivity contribution in [1.29, 1.82) is 0 Å². The zero-order chi connectivity index (χ0) is 25.8. The second-order valence-corrected chi connectivity index (χ2v) is 8.86. The first-order valence-corrected chi connectivity index (χ1v) is 11.6. The topological polar surface area (TPSA) is 109 Å². The number of amides is 1. The number of nitrogens with zero attached hydrogens (tertiary/aromatic N) is 4. The first-order chi connectivity index (χ1) is 17.3. The smallest absolute Gasteiger partial charge is 0.333 e. The molecule has 2 aromatic heterocycles. The van der Waals surface area contributed by atoms with Crippen LogP contribution in [0.15, 0.2) is 64.4 Å². The molecule has 0 aliphatic carbocycles. The van der Waals surface area contributed by atoms with E-state index in [1.165, 1.54) is 18.8 Å². The van der Waals surface area contributed by atoms with Crippen LogP contribution in [0.3, 0.4) is 0 Å². The highest BCUT2D eigenvalue weighted by atomic mass is 16.5. The van der Waals surface area contributed by atoms with E-state index in [1.54, 1.807) is 29.1 Å². The molecule has 0 bridgehead atoms. The lowest BCUT2D eigenvalue weighted by molar-refractivity contribution is -0.116. The number of methoxy groups -OCH3 is 2. The molecule has 36 heavy (non-hydrogen) atoms. The van der Waals surface area contributed by atoms with Gasteiger partial charge in [0, 0.05) is 30.4 Å². The van der Waals surface area contributed by atoms with Crippen molar-refractivity contribution in [1.82, 2.24) is 18.7 Å². The van der Waals surface area contributed by atoms with Crippen molar-refractivity contribution < 1.29 is 14.3 Å². The summed E-state index contributed by atoms with van der Waals surface area (Å²) >= 11 is 0. The van der Waals surface area contributed by atoms with Crippen LogP contribution < -0.4 is 26.0 Å². The molecular weight excluding hydrogens is 462 g/mol. The van der Waals surface area contributed by atoms with Gasteiger partial charge in [0.25, 0.3) is 5.56 Å². The summed E-state index contributed by atoms with van der Waals surface area (Å²) in [5.41, 5.74) is 0.705. The van der Waals surface area contributed by atoms with E-state index in [0.717, 1.165) is 10.1 Å². The van der Waals surface area contributed by atoms with Gasteiger partial charge in [-0.05, 0) is 11.5 Å². The molecule has 4 aromatic rings. The van der Waals surface area contributed by atoms with Crippen LogP contribution in [-0.2, 0) is 24.4 Å². The zero-order valence-electron chi connectivity index (χ0n) is 20.7. The second-order valence-electron chi connectivity index (χ2n) is 8.86. The molecule has 0 spiro atoms. The van der Waals surface area contributed by atoms with Crippen molar-refractivity contribution in [3.8, 4) is 11.5 Å². The largest absolute Gasteiger partial charge is 0.497 e. The number of fused-ring (bicyclic) bond motifs is 1. The Morgan fingerprint density at radius 3 is 2.28 bits per heavy atom. The summed E-state index contributed by atoms with van der Waals surface area (Å²) in [5, 5.41) is 2.72. The molecule has 2 aromatic carbocycles. The van der Waals surface area contributed by atoms with Gasteiger partial charge in [0.15, 0.2) is 11.2 Å². The number of anilines is 1. The Hall–Kier alpha value is -4.34. The minimum Gasteiger partial charge on any atom is -0.497 e. The molecular formula is C26H29N5O5. The second kappa shape index (κ2) is 10.5. The summed E-state index contributed by atoms with van der Waals surface area (Å²) in [5.74, 6) is 0.693. The summed E-state index contributed by atoms with van der Waals surface area (Å²) in [6.07, 6.45) is 1.57. The SMILES string of the molecule is COc1cc(NC(=O)Cn2c(=O)c3c(ncn3CC(C)C)n(Cc3ccccc3)c2=O)cc(OC)c1. The normalized spacial score (nSPS) is 11.1. The first-order valence-electron chi connectivity index (χ1n) is 11.6. The van der Waals surface area contributed by atoms with Gasteiger partial charge in [-0.3, -0.25) is 14.2 Å². The monoisotopic (exact) mass is 491 g/mol. The van der Waals surface area contributed by atoms with Gasteiger partial charge in [-0.25, -0.2) is 14.3 Å². The lowest BCUT2D eigenvalue weighted by Gasteiger charge is -2.14. The van der Waals surface area contributed by atoms with E-state index >= 15 is 0 Å².